The zero-order chi connectivity index (χ0) is 11.9. The van der Waals surface area contributed by atoms with E-state index in [1.807, 2.05) is 0 Å². The largest absolute Gasteiger partial charge is 0.462 e. The lowest BCUT2D eigenvalue weighted by Crippen LogP contribution is -2.35. The number of carbonyl (C=O) groups excluding carboxylic acids is 1. The number of halogens is 2. The quantitative estimate of drug-likeness (QED) is 0.457. The van der Waals surface area contributed by atoms with Gasteiger partial charge in [-0.15, -0.1) is 0 Å². The molecule has 3 nitrogen and oxygen atoms in total. The van der Waals surface area contributed by atoms with Crippen LogP contribution >= 0.6 is 31.9 Å². The average molecular weight is 344 g/mol. The van der Waals surface area contributed by atoms with Gasteiger partial charge in [0.2, 0.25) is 0 Å². The highest BCUT2D eigenvalue weighted by Gasteiger charge is 2.29. The molecule has 0 aromatic carbocycles. The fourth-order valence-corrected chi connectivity index (χ4v) is 2.30. The van der Waals surface area contributed by atoms with E-state index in [1.165, 1.54) is 0 Å². The van der Waals surface area contributed by atoms with E-state index in [1.54, 1.807) is 19.9 Å². The summed E-state index contributed by atoms with van der Waals surface area (Å²) in [6.07, 6.45) is 1.70. The van der Waals surface area contributed by atoms with E-state index in [-0.39, 0.29) is 19.2 Å². The van der Waals surface area contributed by atoms with Gasteiger partial charge in [0.05, 0.1) is 6.61 Å². The average Bonchev–Trinajstić information content (AvgIpc) is 2.30. The Labute approximate surface area is 107 Å². The van der Waals surface area contributed by atoms with Crippen LogP contribution in [0.15, 0.2) is 11.6 Å². The molecule has 0 amide bonds. The molecule has 0 saturated carbocycles. The fourth-order valence-electron chi connectivity index (χ4n) is 0.693. The molecule has 0 bridgehead atoms. The Morgan fingerprint density at radius 3 is 2.33 bits per heavy atom. The number of alkyl halides is 2. The van der Waals surface area contributed by atoms with Crippen molar-refractivity contribution < 1.29 is 14.6 Å². The Balaban J connectivity index is 4.29. The molecule has 0 rings (SSSR count). The number of esters is 1. The number of hydrogen-bond donors (Lipinski definition) is 1. The van der Waals surface area contributed by atoms with Crippen molar-refractivity contribution in [1.82, 2.24) is 0 Å². The third-order valence-electron chi connectivity index (χ3n) is 2.17. The zero-order valence-corrected chi connectivity index (χ0v) is 12.1. The van der Waals surface area contributed by atoms with E-state index in [2.05, 4.69) is 31.9 Å². The summed E-state index contributed by atoms with van der Waals surface area (Å²) < 4.78 is 5.11. The Hall–Kier alpha value is 0.130. The number of allylic oxidation sites excluding steroid dienone is 1. The van der Waals surface area contributed by atoms with Gasteiger partial charge in [0.1, 0.15) is 6.61 Å². The molecule has 0 aliphatic rings. The zero-order valence-electron chi connectivity index (χ0n) is 8.93. The van der Waals surface area contributed by atoms with Gasteiger partial charge in [-0.3, -0.25) is 0 Å². The first-order valence-corrected chi connectivity index (χ1v) is 6.82. The molecular weight excluding hydrogens is 328 g/mol. The summed E-state index contributed by atoms with van der Waals surface area (Å²) in [7, 11) is 0. The number of ether oxygens (including phenoxy) is 1. The van der Waals surface area contributed by atoms with Gasteiger partial charge in [-0.05, 0) is 13.8 Å². The second kappa shape index (κ2) is 7.41. The number of carbonyl (C=O) groups is 1. The van der Waals surface area contributed by atoms with Gasteiger partial charge in [0, 0.05) is 21.6 Å². The van der Waals surface area contributed by atoms with E-state index in [0.717, 1.165) is 0 Å². The van der Waals surface area contributed by atoms with Crippen LogP contribution in [0.5, 0.6) is 0 Å². The molecule has 0 spiro atoms. The van der Waals surface area contributed by atoms with Crippen LogP contribution < -0.4 is 0 Å². The van der Waals surface area contributed by atoms with Gasteiger partial charge in [0.15, 0.2) is 0 Å². The van der Waals surface area contributed by atoms with Gasteiger partial charge >= 0.3 is 5.97 Å². The van der Waals surface area contributed by atoms with E-state index in [9.17, 15) is 9.90 Å². The SMILES string of the molecule is CC=C(C)C(=O)OCC(CO)(CBr)CBr. The first kappa shape index (κ1) is 15.1. The molecule has 0 aromatic rings. The molecule has 5 heteroatoms. The maximum atomic E-state index is 11.4. The molecule has 1 N–H and O–H groups in total. The first-order valence-electron chi connectivity index (χ1n) is 4.58. The van der Waals surface area contributed by atoms with Gasteiger partial charge < -0.3 is 9.84 Å². The van der Waals surface area contributed by atoms with Crippen LogP contribution in [0.1, 0.15) is 13.8 Å². The third-order valence-corrected chi connectivity index (χ3v) is 4.55. The molecule has 0 heterocycles. The summed E-state index contributed by atoms with van der Waals surface area (Å²) >= 11 is 6.60. The number of aliphatic hydroxyl groups is 1. The summed E-state index contributed by atoms with van der Waals surface area (Å²) in [6.45, 7) is 3.64. The van der Waals surface area contributed by atoms with Gasteiger partial charge in [-0.2, -0.15) is 0 Å². The lowest BCUT2D eigenvalue weighted by atomic mass is 9.96. The van der Waals surface area contributed by atoms with Crippen molar-refractivity contribution in [1.29, 1.82) is 0 Å². The number of hydrogen-bond acceptors (Lipinski definition) is 3. The first-order chi connectivity index (χ1) is 7.05. The van der Waals surface area contributed by atoms with Crippen molar-refractivity contribution in [2.45, 2.75) is 13.8 Å². The summed E-state index contributed by atoms with van der Waals surface area (Å²) in [5.74, 6) is -0.336. The molecular formula is C10H16Br2O3. The highest BCUT2D eigenvalue weighted by molar-refractivity contribution is 9.09. The molecule has 0 aliphatic carbocycles. The summed E-state index contributed by atoms with van der Waals surface area (Å²) in [5, 5.41) is 10.4. The highest BCUT2D eigenvalue weighted by Crippen LogP contribution is 2.23. The third kappa shape index (κ3) is 4.66. The monoisotopic (exact) mass is 342 g/mol. The van der Waals surface area contributed by atoms with E-state index >= 15 is 0 Å². The van der Waals surface area contributed by atoms with E-state index in [0.29, 0.717) is 16.2 Å². The van der Waals surface area contributed by atoms with Gasteiger partial charge in [-0.25, -0.2) is 4.79 Å². The molecule has 15 heavy (non-hydrogen) atoms. The molecule has 0 atom stereocenters. The van der Waals surface area contributed by atoms with Crippen LogP contribution in [-0.2, 0) is 9.53 Å². The predicted molar refractivity (Wildman–Crippen MR) is 67.5 cm³/mol. The molecule has 0 radical (unpaired) electrons. The van der Waals surface area contributed by atoms with Crippen molar-refractivity contribution in [2.24, 2.45) is 5.41 Å². The Morgan fingerprint density at radius 1 is 1.47 bits per heavy atom. The van der Waals surface area contributed by atoms with Crippen molar-refractivity contribution in [3.05, 3.63) is 11.6 Å². The van der Waals surface area contributed by atoms with Crippen LogP contribution in [-0.4, -0.2) is 34.9 Å². The van der Waals surface area contributed by atoms with Crippen LogP contribution in [0, 0.1) is 5.41 Å². The molecule has 0 aliphatic heterocycles. The van der Waals surface area contributed by atoms with E-state index < -0.39 is 5.41 Å². The topological polar surface area (TPSA) is 46.5 Å². The van der Waals surface area contributed by atoms with Crippen LogP contribution in [0.4, 0.5) is 0 Å². The smallest absolute Gasteiger partial charge is 0.333 e. The minimum atomic E-state index is -0.441. The standard InChI is InChI=1S/C10H16Br2O3/c1-3-8(2)9(14)15-7-10(4-11,5-12)6-13/h3,13H,4-7H2,1-2H3. The van der Waals surface area contributed by atoms with Crippen LogP contribution in [0.3, 0.4) is 0 Å². The Kier molecular flexibility index (Phi) is 7.48. The highest BCUT2D eigenvalue weighted by atomic mass is 79.9. The maximum Gasteiger partial charge on any atom is 0.333 e. The minimum absolute atomic E-state index is 0.0360. The normalized spacial score (nSPS) is 12.7. The van der Waals surface area contributed by atoms with Crippen molar-refractivity contribution in [3.8, 4) is 0 Å². The van der Waals surface area contributed by atoms with Crippen LogP contribution in [0.25, 0.3) is 0 Å². The number of rotatable bonds is 6. The summed E-state index contributed by atoms with van der Waals surface area (Å²) in [6, 6.07) is 0. The molecule has 88 valence electrons. The van der Waals surface area contributed by atoms with Crippen LogP contribution in [0.2, 0.25) is 0 Å². The van der Waals surface area contributed by atoms with Crippen molar-refractivity contribution >= 4 is 37.8 Å². The molecule has 0 unspecified atom stereocenters. The predicted octanol–water partition coefficient (Wildman–Crippen LogP) is 2.26. The van der Waals surface area contributed by atoms with Gasteiger partial charge in [-0.1, -0.05) is 37.9 Å². The van der Waals surface area contributed by atoms with Gasteiger partial charge in [0.25, 0.3) is 0 Å². The second-order valence-corrected chi connectivity index (χ2v) is 4.59. The molecule has 0 saturated heterocycles. The lowest BCUT2D eigenvalue weighted by molar-refractivity contribution is -0.142. The Bertz CT molecular complexity index is 227. The fraction of sp³-hybridized carbons (Fsp3) is 0.700. The lowest BCUT2D eigenvalue weighted by Gasteiger charge is -2.26. The number of aliphatic hydroxyl groups excluding tert-OH is 1. The summed E-state index contributed by atoms with van der Waals surface area (Å²) in [5.41, 5.74) is 0.134. The van der Waals surface area contributed by atoms with Crippen molar-refractivity contribution in [3.63, 3.8) is 0 Å². The molecule has 0 fully saturated rings. The maximum absolute atomic E-state index is 11.4. The van der Waals surface area contributed by atoms with Crippen molar-refractivity contribution in [2.75, 3.05) is 23.9 Å². The molecule has 0 aromatic heterocycles. The summed E-state index contributed by atoms with van der Waals surface area (Å²) in [4.78, 5) is 11.4. The Morgan fingerprint density at radius 2 is 2.00 bits per heavy atom. The minimum Gasteiger partial charge on any atom is -0.462 e. The second-order valence-electron chi connectivity index (χ2n) is 3.47. The van der Waals surface area contributed by atoms with E-state index in [4.69, 9.17) is 4.74 Å².